The van der Waals surface area contributed by atoms with Gasteiger partial charge < -0.3 is 21.5 Å². The molecule has 1 unspecified atom stereocenters. The number of hydroxylamine groups is 1. The van der Waals surface area contributed by atoms with Gasteiger partial charge in [-0.1, -0.05) is 24.3 Å². The lowest BCUT2D eigenvalue weighted by Crippen LogP contribution is -2.52. The van der Waals surface area contributed by atoms with E-state index in [2.05, 4.69) is 16.1 Å². The molecule has 1 aromatic rings. The molecule has 10 nitrogen and oxygen atoms in total. The Hall–Kier alpha value is -2.98. The van der Waals surface area contributed by atoms with Gasteiger partial charge in [0.25, 0.3) is 0 Å². The largest absolute Gasteiger partial charge is 0.480 e. The van der Waals surface area contributed by atoms with Crippen LogP contribution in [0.3, 0.4) is 0 Å². The zero-order chi connectivity index (χ0) is 26.2. The maximum atomic E-state index is 12.7. The lowest BCUT2D eigenvalue weighted by atomic mass is 9.49. The van der Waals surface area contributed by atoms with E-state index in [1.807, 2.05) is 12.1 Å². The molecule has 5 fully saturated rings. The van der Waals surface area contributed by atoms with Gasteiger partial charge in [-0.3, -0.25) is 19.8 Å². The summed E-state index contributed by atoms with van der Waals surface area (Å²) in [7, 11) is 0. The molecular formula is C27H37N5O5. The number of nitrogens with one attached hydrogen (secondary N) is 4. The molecule has 6 rings (SSSR count). The first kappa shape index (κ1) is 25.7. The van der Waals surface area contributed by atoms with Gasteiger partial charge in [0.1, 0.15) is 11.9 Å². The Bertz CT molecular complexity index is 1020. The molecule has 10 heteroatoms. The summed E-state index contributed by atoms with van der Waals surface area (Å²) >= 11 is 0. The fourth-order valence-corrected chi connectivity index (χ4v) is 7.47. The second-order valence-corrected chi connectivity index (χ2v) is 11.7. The molecule has 1 saturated heterocycles. The first-order chi connectivity index (χ1) is 17.7. The van der Waals surface area contributed by atoms with Crippen LogP contribution in [0.15, 0.2) is 24.3 Å². The van der Waals surface area contributed by atoms with Gasteiger partial charge in [0.15, 0.2) is 0 Å². The number of carboxylic acids is 1. The van der Waals surface area contributed by atoms with E-state index in [-0.39, 0.29) is 36.0 Å². The van der Waals surface area contributed by atoms with E-state index in [0.29, 0.717) is 18.5 Å². The van der Waals surface area contributed by atoms with Gasteiger partial charge in [0, 0.05) is 12.1 Å². The Morgan fingerprint density at radius 3 is 2.24 bits per heavy atom. The van der Waals surface area contributed by atoms with Crippen molar-refractivity contribution < 1.29 is 24.3 Å². The topological polar surface area (TPSA) is 167 Å². The van der Waals surface area contributed by atoms with E-state index in [1.165, 1.54) is 19.3 Å². The number of carbonyl (C=O) groups is 3. The molecule has 37 heavy (non-hydrogen) atoms. The third-order valence-corrected chi connectivity index (χ3v) is 8.76. The number of nitrogen functional groups attached to an aromatic ring is 1. The number of nitrogens with two attached hydrogens (primary N) is 1. The number of hydrogen-bond acceptors (Lipinski definition) is 6. The van der Waals surface area contributed by atoms with E-state index in [1.54, 1.807) is 12.1 Å². The van der Waals surface area contributed by atoms with Crippen LogP contribution in [-0.4, -0.2) is 47.4 Å². The standard InChI is InChI=1S/C27H37N5O5/c28-25(29)19-3-1-18(2-4-19)21-8-20(37-32-21)9-24(34)31-22(26(35)36)10-23(33)30-14-27-11-15-5-16(12-27)7-17(6-15)13-27/h1-4,15-17,20-22,32H,5-14H2,(H3,28,29)(H,30,33)(H,31,34)(H,35,36)/t15?,16?,17?,20-,21+,22?,27?/m1/s1. The number of carboxylic acid groups (broad SMARTS) is 1. The molecule has 0 radical (unpaired) electrons. The van der Waals surface area contributed by atoms with E-state index in [4.69, 9.17) is 16.0 Å². The number of hydrogen-bond donors (Lipinski definition) is 6. The van der Waals surface area contributed by atoms with Crippen LogP contribution in [0, 0.1) is 28.6 Å². The number of aliphatic carboxylic acids is 1. The molecule has 0 aromatic heterocycles. The maximum absolute atomic E-state index is 12.7. The summed E-state index contributed by atoms with van der Waals surface area (Å²) in [6.07, 6.45) is 7.25. The van der Waals surface area contributed by atoms with Gasteiger partial charge >= 0.3 is 5.97 Å². The summed E-state index contributed by atoms with van der Waals surface area (Å²) in [6, 6.07) is 5.79. The van der Waals surface area contributed by atoms with E-state index in [0.717, 1.165) is 42.6 Å². The van der Waals surface area contributed by atoms with Crippen molar-refractivity contribution in [1.82, 2.24) is 16.1 Å². The number of rotatable bonds is 10. The van der Waals surface area contributed by atoms with Crippen molar-refractivity contribution in [2.24, 2.45) is 28.9 Å². The van der Waals surface area contributed by atoms with Crippen LogP contribution >= 0.6 is 0 Å². The summed E-state index contributed by atoms with van der Waals surface area (Å²) in [6.45, 7) is 0.603. The highest BCUT2D eigenvalue weighted by atomic mass is 16.7. The van der Waals surface area contributed by atoms with Crippen molar-refractivity contribution in [3.8, 4) is 0 Å². The Labute approximate surface area is 216 Å². The summed E-state index contributed by atoms with van der Waals surface area (Å²) in [5, 5.41) is 22.6. The average Bonchev–Trinajstić information content (AvgIpc) is 3.30. The summed E-state index contributed by atoms with van der Waals surface area (Å²) < 4.78 is 0. The first-order valence-electron chi connectivity index (χ1n) is 13.3. The highest BCUT2D eigenvalue weighted by Gasteiger charge is 2.50. The molecule has 5 aliphatic rings. The Balaban J connectivity index is 1.07. The van der Waals surface area contributed by atoms with E-state index >= 15 is 0 Å². The third kappa shape index (κ3) is 5.96. The Morgan fingerprint density at radius 2 is 1.68 bits per heavy atom. The quantitative estimate of drug-likeness (QED) is 0.206. The van der Waals surface area contributed by atoms with Crippen LogP contribution in [0.5, 0.6) is 0 Å². The molecule has 1 aromatic carbocycles. The molecule has 1 aliphatic heterocycles. The van der Waals surface area contributed by atoms with Gasteiger partial charge in [-0.25, -0.2) is 4.79 Å². The van der Waals surface area contributed by atoms with Crippen molar-refractivity contribution in [2.75, 3.05) is 6.54 Å². The average molecular weight is 512 g/mol. The zero-order valence-electron chi connectivity index (χ0n) is 21.0. The van der Waals surface area contributed by atoms with Crippen LogP contribution in [0.1, 0.15) is 75.0 Å². The van der Waals surface area contributed by atoms with Gasteiger partial charge in [-0.05, 0) is 73.7 Å². The molecule has 1 heterocycles. The van der Waals surface area contributed by atoms with Crippen molar-refractivity contribution in [3.63, 3.8) is 0 Å². The molecule has 200 valence electrons. The van der Waals surface area contributed by atoms with E-state index in [9.17, 15) is 19.5 Å². The fraction of sp³-hybridized carbons (Fsp3) is 0.630. The van der Waals surface area contributed by atoms with Crippen LogP contribution in [0.25, 0.3) is 0 Å². The first-order valence-corrected chi connectivity index (χ1v) is 13.3. The SMILES string of the molecule is N=C(N)c1ccc([C@@H]2C[C@H](CC(=O)NC(CC(=O)NCC34CC5CC(CC(C5)C3)C4)C(=O)O)ON2)cc1. The van der Waals surface area contributed by atoms with E-state index < -0.39 is 24.0 Å². The Kier molecular flexibility index (Phi) is 7.22. The zero-order valence-corrected chi connectivity index (χ0v) is 21.0. The Morgan fingerprint density at radius 1 is 1.05 bits per heavy atom. The van der Waals surface area contributed by atoms with Gasteiger partial charge in [-0.15, -0.1) is 0 Å². The number of benzene rings is 1. The molecule has 0 spiro atoms. The molecule has 4 saturated carbocycles. The van der Waals surface area contributed by atoms with Crippen molar-refractivity contribution >= 4 is 23.6 Å². The van der Waals surface area contributed by atoms with Gasteiger partial charge in [-0.2, -0.15) is 5.48 Å². The minimum atomic E-state index is -1.28. The predicted octanol–water partition coefficient (Wildman–Crippen LogP) is 1.99. The summed E-state index contributed by atoms with van der Waals surface area (Å²) in [4.78, 5) is 42.6. The molecule has 4 aliphatic carbocycles. The highest BCUT2D eigenvalue weighted by molar-refractivity contribution is 5.94. The lowest BCUT2D eigenvalue weighted by molar-refractivity contribution is -0.144. The predicted molar refractivity (Wildman–Crippen MR) is 135 cm³/mol. The third-order valence-electron chi connectivity index (χ3n) is 8.76. The molecule has 7 N–H and O–H groups in total. The van der Waals surface area contributed by atoms with Crippen molar-refractivity contribution in [1.29, 1.82) is 5.41 Å². The monoisotopic (exact) mass is 511 g/mol. The molecule has 2 amide bonds. The summed E-state index contributed by atoms with van der Waals surface area (Å²) in [5.74, 6) is 0.290. The minimum Gasteiger partial charge on any atom is -0.480 e. The van der Waals surface area contributed by atoms with Crippen LogP contribution in [0.2, 0.25) is 0 Å². The van der Waals surface area contributed by atoms with Crippen LogP contribution in [-0.2, 0) is 19.2 Å². The van der Waals surface area contributed by atoms with Crippen LogP contribution in [0.4, 0.5) is 0 Å². The smallest absolute Gasteiger partial charge is 0.326 e. The van der Waals surface area contributed by atoms with Gasteiger partial charge in [0.2, 0.25) is 11.8 Å². The normalized spacial score (nSPS) is 32.6. The lowest BCUT2D eigenvalue weighted by Gasteiger charge is -2.56. The second-order valence-electron chi connectivity index (χ2n) is 11.7. The number of amidine groups is 1. The highest BCUT2D eigenvalue weighted by Crippen LogP contribution is 2.59. The van der Waals surface area contributed by atoms with Crippen LogP contribution < -0.4 is 21.8 Å². The fourth-order valence-electron chi connectivity index (χ4n) is 7.47. The summed E-state index contributed by atoms with van der Waals surface area (Å²) in [5.41, 5.74) is 10.1. The second kappa shape index (κ2) is 10.4. The molecule has 4 bridgehead atoms. The van der Waals surface area contributed by atoms with Crippen molar-refractivity contribution in [2.45, 2.75) is 76.0 Å². The van der Waals surface area contributed by atoms with Crippen molar-refractivity contribution in [3.05, 3.63) is 35.4 Å². The number of amides is 2. The van der Waals surface area contributed by atoms with Gasteiger partial charge in [0.05, 0.1) is 25.0 Å². The minimum absolute atomic E-state index is 0.00820. The molecule has 3 atom stereocenters. The molecular weight excluding hydrogens is 474 g/mol. The maximum Gasteiger partial charge on any atom is 0.326 e. The number of carbonyl (C=O) groups excluding carboxylic acids is 2.